The Balaban J connectivity index is 2.28. The maximum atomic E-state index is 10.6. The number of carbonyl (C=O) groups is 1. The van der Waals surface area contributed by atoms with Gasteiger partial charge in [-0.3, -0.25) is 10.7 Å². The molecule has 1 rings (SSSR count). The topological polar surface area (TPSA) is 172 Å². The van der Waals surface area contributed by atoms with Gasteiger partial charge in [0.25, 0.3) is 0 Å². The van der Waals surface area contributed by atoms with Gasteiger partial charge < -0.3 is 22.1 Å². The van der Waals surface area contributed by atoms with Gasteiger partial charge in [-0.05, 0) is 0 Å². The molecule has 1 aromatic heterocycles. The molecule has 1 aromatic rings. The van der Waals surface area contributed by atoms with Crippen LogP contribution in [0, 0.1) is 5.41 Å². The van der Waals surface area contributed by atoms with Crippen LogP contribution >= 0.6 is 23.3 Å². The van der Waals surface area contributed by atoms with E-state index in [1.54, 1.807) is 23.7 Å². The third-order valence-electron chi connectivity index (χ3n) is 2.11. The molecule has 0 aliphatic carbocycles. The SMILES string of the molecule is CN(CCSCc1nsc(N=C(N)N)n1)C(=N)NC(N)=O. The minimum Gasteiger partial charge on any atom is -0.370 e. The summed E-state index contributed by atoms with van der Waals surface area (Å²) in [4.78, 5) is 20.1. The maximum absolute atomic E-state index is 10.6. The molecule has 116 valence electrons. The zero-order valence-corrected chi connectivity index (χ0v) is 13.0. The largest absolute Gasteiger partial charge is 0.370 e. The Morgan fingerprint density at radius 2 is 2.24 bits per heavy atom. The minimum absolute atomic E-state index is 0.0371. The first-order chi connectivity index (χ1) is 9.88. The van der Waals surface area contributed by atoms with Gasteiger partial charge in [-0.25, -0.2) is 9.78 Å². The first kappa shape index (κ1) is 17.0. The van der Waals surface area contributed by atoms with Crippen LogP contribution in [0.4, 0.5) is 9.93 Å². The summed E-state index contributed by atoms with van der Waals surface area (Å²) in [6.45, 7) is 0.578. The molecule has 8 N–H and O–H groups in total. The summed E-state index contributed by atoms with van der Waals surface area (Å²) in [6.07, 6.45) is 0. The van der Waals surface area contributed by atoms with Gasteiger partial charge in [-0.15, -0.1) is 0 Å². The first-order valence-electron chi connectivity index (χ1n) is 5.74. The lowest BCUT2D eigenvalue weighted by atomic mass is 10.6. The smallest absolute Gasteiger partial charge is 0.318 e. The number of hydrogen-bond acceptors (Lipinski definition) is 7. The molecule has 0 saturated heterocycles. The number of rotatable bonds is 6. The fourth-order valence-electron chi connectivity index (χ4n) is 1.15. The minimum atomic E-state index is -0.751. The molecule has 0 unspecified atom stereocenters. The standard InChI is InChI=1S/C9H17N9OS2/c1-18(7(12)16-8(13)19)2-3-20-4-5-14-9(21-17-5)15-6(10)11/h2-4H2,1H3,(H4,12,13,16,19)(H4,10,11,14,15,17). The number of nitrogens with zero attached hydrogens (tertiary/aromatic N) is 4. The second-order valence-corrected chi connectivity index (χ2v) is 5.68. The van der Waals surface area contributed by atoms with Crippen LogP contribution in [0.1, 0.15) is 5.82 Å². The number of carbonyl (C=O) groups excluding carboxylic acids is 1. The fraction of sp³-hybridized carbons (Fsp3) is 0.444. The summed E-state index contributed by atoms with van der Waals surface area (Å²) in [5, 5.41) is 10.2. The van der Waals surface area contributed by atoms with Crippen LogP contribution in [0.2, 0.25) is 0 Å². The van der Waals surface area contributed by atoms with E-state index in [1.807, 2.05) is 0 Å². The summed E-state index contributed by atoms with van der Waals surface area (Å²) in [5.41, 5.74) is 15.4. The predicted octanol–water partition coefficient (Wildman–Crippen LogP) is -0.789. The van der Waals surface area contributed by atoms with Gasteiger partial charge in [0.2, 0.25) is 5.13 Å². The molecule has 2 amide bonds. The Morgan fingerprint density at radius 3 is 2.86 bits per heavy atom. The van der Waals surface area contributed by atoms with Crippen LogP contribution in [-0.4, -0.2) is 51.6 Å². The van der Waals surface area contributed by atoms with E-state index in [1.165, 1.54) is 0 Å². The Hall–Kier alpha value is -2.08. The van der Waals surface area contributed by atoms with Crippen LogP contribution in [0.25, 0.3) is 0 Å². The highest BCUT2D eigenvalue weighted by Crippen LogP contribution is 2.17. The van der Waals surface area contributed by atoms with E-state index in [-0.39, 0.29) is 11.9 Å². The van der Waals surface area contributed by atoms with Crippen molar-refractivity contribution in [1.29, 1.82) is 5.41 Å². The van der Waals surface area contributed by atoms with Crippen molar-refractivity contribution in [3.05, 3.63) is 5.82 Å². The third kappa shape index (κ3) is 6.76. The Kier molecular flexibility index (Phi) is 6.68. The second kappa shape index (κ2) is 8.26. The van der Waals surface area contributed by atoms with Crippen molar-refractivity contribution in [2.75, 3.05) is 19.3 Å². The molecule has 0 saturated carbocycles. The van der Waals surface area contributed by atoms with E-state index in [9.17, 15) is 4.79 Å². The van der Waals surface area contributed by atoms with Gasteiger partial charge >= 0.3 is 6.03 Å². The molecule has 0 aliphatic rings. The molecular weight excluding hydrogens is 314 g/mol. The second-order valence-electron chi connectivity index (χ2n) is 3.84. The predicted molar refractivity (Wildman–Crippen MR) is 84.6 cm³/mol. The average molecular weight is 331 g/mol. The fourth-order valence-corrected chi connectivity index (χ4v) is 2.67. The van der Waals surface area contributed by atoms with Crippen LogP contribution in [0.15, 0.2) is 4.99 Å². The number of amides is 2. The van der Waals surface area contributed by atoms with Crippen molar-refractivity contribution in [2.45, 2.75) is 5.75 Å². The van der Waals surface area contributed by atoms with Gasteiger partial charge in [-0.1, -0.05) is 0 Å². The lowest BCUT2D eigenvalue weighted by molar-refractivity contribution is 0.252. The lowest BCUT2D eigenvalue weighted by Gasteiger charge is -2.18. The number of thioether (sulfide) groups is 1. The quantitative estimate of drug-likeness (QED) is 0.258. The van der Waals surface area contributed by atoms with Crippen LogP contribution < -0.4 is 22.5 Å². The summed E-state index contributed by atoms with van der Waals surface area (Å²) in [6, 6.07) is -0.751. The van der Waals surface area contributed by atoms with Gasteiger partial charge in [0.05, 0.1) is 5.75 Å². The average Bonchev–Trinajstić information content (AvgIpc) is 2.80. The molecule has 0 spiro atoms. The van der Waals surface area contributed by atoms with Gasteiger partial charge in [-0.2, -0.15) is 21.1 Å². The normalized spacial score (nSPS) is 9.95. The highest BCUT2D eigenvalue weighted by Gasteiger charge is 2.07. The highest BCUT2D eigenvalue weighted by atomic mass is 32.2. The van der Waals surface area contributed by atoms with E-state index in [4.69, 9.17) is 22.6 Å². The van der Waals surface area contributed by atoms with Crippen molar-refractivity contribution >= 4 is 46.4 Å². The van der Waals surface area contributed by atoms with E-state index in [2.05, 4.69) is 19.7 Å². The number of primary amides is 1. The number of aromatic nitrogens is 2. The summed E-state index contributed by atoms with van der Waals surface area (Å²) >= 11 is 2.72. The molecule has 0 aliphatic heterocycles. The number of nitrogens with one attached hydrogen (secondary N) is 2. The van der Waals surface area contributed by atoms with Gasteiger partial charge in [0.1, 0.15) is 0 Å². The molecule has 12 heteroatoms. The molecule has 0 aromatic carbocycles. The van der Waals surface area contributed by atoms with Crippen LogP contribution in [0.3, 0.4) is 0 Å². The Morgan fingerprint density at radius 1 is 1.52 bits per heavy atom. The van der Waals surface area contributed by atoms with Crippen LogP contribution in [0.5, 0.6) is 0 Å². The number of urea groups is 1. The van der Waals surface area contributed by atoms with E-state index in [0.29, 0.717) is 23.3 Å². The molecular formula is C9H17N9OS2. The molecule has 1 heterocycles. The molecule has 0 radical (unpaired) electrons. The van der Waals surface area contributed by atoms with E-state index >= 15 is 0 Å². The Labute approximate surface area is 129 Å². The monoisotopic (exact) mass is 331 g/mol. The number of hydrogen-bond donors (Lipinski definition) is 5. The first-order valence-corrected chi connectivity index (χ1v) is 7.67. The molecule has 0 atom stereocenters. The summed E-state index contributed by atoms with van der Waals surface area (Å²) in [5.74, 6) is 1.91. The van der Waals surface area contributed by atoms with E-state index < -0.39 is 6.03 Å². The highest BCUT2D eigenvalue weighted by molar-refractivity contribution is 7.98. The van der Waals surface area contributed by atoms with Crippen molar-refractivity contribution in [3.8, 4) is 0 Å². The number of aliphatic imine (C=N–C) groups is 1. The lowest BCUT2D eigenvalue weighted by Crippen LogP contribution is -2.44. The van der Waals surface area contributed by atoms with Crippen molar-refractivity contribution in [3.63, 3.8) is 0 Å². The zero-order chi connectivity index (χ0) is 15.8. The summed E-state index contributed by atoms with van der Waals surface area (Å²) in [7, 11) is 1.69. The van der Waals surface area contributed by atoms with Crippen molar-refractivity contribution < 1.29 is 4.79 Å². The molecule has 10 nitrogen and oxygen atoms in total. The van der Waals surface area contributed by atoms with Crippen LogP contribution in [-0.2, 0) is 5.75 Å². The van der Waals surface area contributed by atoms with Gasteiger partial charge in [0, 0.05) is 30.9 Å². The Bertz CT molecular complexity index is 525. The van der Waals surface area contributed by atoms with E-state index in [0.717, 1.165) is 17.3 Å². The third-order valence-corrected chi connectivity index (χ3v) is 3.69. The number of guanidine groups is 2. The number of nitrogens with two attached hydrogens (primary N) is 3. The zero-order valence-electron chi connectivity index (χ0n) is 11.4. The summed E-state index contributed by atoms with van der Waals surface area (Å²) < 4.78 is 4.12. The molecule has 0 fully saturated rings. The molecule has 0 bridgehead atoms. The van der Waals surface area contributed by atoms with Crippen molar-refractivity contribution in [2.24, 2.45) is 22.2 Å². The maximum Gasteiger partial charge on any atom is 0.318 e. The molecule has 21 heavy (non-hydrogen) atoms. The van der Waals surface area contributed by atoms with Crippen molar-refractivity contribution in [1.82, 2.24) is 19.6 Å². The van der Waals surface area contributed by atoms with Gasteiger partial charge in [0.15, 0.2) is 17.7 Å².